The van der Waals surface area contributed by atoms with Gasteiger partial charge in [-0.2, -0.15) is 5.10 Å². The van der Waals surface area contributed by atoms with E-state index in [-0.39, 0.29) is 18.3 Å². The Morgan fingerprint density at radius 2 is 1.40 bits per heavy atom. The highest BCUT2D eigenvalue weighted by Crippen LogP contribution is 2.36. The van der Waals surface area contributed by atoms with Gasteiger partial charge >= 0.3 is 7.12 Å². The Balaban J connectivity index is 1.20. The predicted octanol–water partition coefficient (Wildman–Crippen LogP) is 6.22. The van der Waals surface area contributed by atoms with Gasteiger partial charge < -0.3 is 9.31 Å². The molecule has 5 rings (SSSR count). The molecule has 1 N–H and O–H groups in total. The SMILES string of the molecule is CC1(C)OB(c2ccc(-c3ccc(C=NNc4nc(-c5ccccc5)cs4)cc3)cc2)OC1(C)C. The Morgan fingerprint density at radius 3 is 2.03 bits per heavy atom. The van der Waals surface area contributed by atoms with Crippen molar-refractivity contribution in [3.63, 3.8) is 0 Å². The summed E-state index contributed by atoms with van der Waals surface area (Å²) in [6, 6.07) is 26.8. The van der Waals surface area contributed by atoms with Crippen LogP contribution in [0.5, 0.6) is 0 Å². The molecular formula is C28H28BN3O2S. The lowest BCUT2D eigenvalue weighted by atomic mass is 9.78. The summed E-state index contributed by atoms with van der Waals surface area (Å²) in [6.07, 6.45) is 1.80. The molecule has 176 valence electrons. The van der Waals surface area contributed by atoms with Crippen LogP contribution < -0.4 is 10.9 Å². The molecule has 5 nitrogen and oxygen atoms in total. The summed E-state index contributed by atoms with van der Waals surface area (Å²) < 4.78 is 12.3. The molecule has 1 fully saturated rings. The van der Waals surface area contributed by atoms with Gasteiger partial charge in [-0.15, -0.1) is 11.3 Å². The average Bonchev–Trinajstić information content (AvgIpc) is 3.41. The minimum atomic E-state index is -0.346. The van der Waals surface area contributed by atoms with E-state index in [0.29, 0.717) is 0 Å². The summed E-state index contributed by atoms with van der Waals surface area (Å²) in [5.74, 6) is 0. The first kappa shape index (κ1) is 23.5. The molecule has 0 amide bonds. The molecule has 3 aromatic carbocycles. The fourth-order valence-corrected chi connectivity index (χ4v) is 4.47. The van der Waals surface area contributed by atoms with E-state index in [1.807, 2.05) is 23.6 Å². The van der Waals surface area contributed by atoms with Crippen LogP contribution in [0.15, 0.2) is 89.3 Å². The molecule has 4 aromatic rings. The van der Waals surface area contributed by atoms with Crippen molar-refractivity contribution in [2.45, 2.75) is 38.9 Å². The molecule has 2 heterocycles. The number of rotatable bonds is 6. The van der Waals surface area contributed by atoms with Crippen LogP contribution in [0.1, 0.15) is 33.3 Å². The highest BCUT2D eigenvalue weighted by molar-refractivity contribution is 7.14. The Bertz CT molecular complexity index is 1300. The van der Waals surface area contributed by atoms with Gasteiger partial charge in [-0.05, 0) is 49.8 Å². The van der Waals surface area contributed by atoms with E-state index in [4.69, 9.17) is 9.31 Å². The molecular weight excluding hydrogens is 453 g/mol. The van der Waals surface area contributed by atoms with Crippen LogP contribution >= 0.6 is 11.3 Å². The molecule has 0 unspecified atom stereocenters. The number of nitrogens with zero attached hydrogens (tertiary/aromatic N) is 2. The van der Waals surface area contributed by atoms with Gasteiger partial charge in [0, 0.05) is 10.9 Å². The van der Waals surface area contributed by atoms with Crippen molar-refractivity contribution in [3.05, 3.63) is 89.8 Å². The van der Waals surface area contributed by atoms with E-state index in [1.54, 1.807) is 6.21 Å². The fourth-order valence-electron chi connectivity index (χ4n) is 3.80. The Kier molecular flexibility index (Phi) is 6.32. The summed E-state index contributed by atoms with van der Waals surface area (Å²) in [6.45, 7) is 8.28. The molecule has 35 heavy (non-hydrogen) atoms. The lowest BCUT2D eigenvalue weighted by molar-refractivity contribution is 0.00578. The number of hydrogen-bond acceptors (Lipinski definition) is 6. The molecule has 0 radical (unpaired) electrons. The molecule has 0 saturated carbocycles. The molecule has 1 aromatic heterocycles. The van der Waals surface area contributed by atoms with Gasteiger partial charge in [0.05, 0.1) is 23.1 Å². The van der Waals surface area contributed by atoms with Gasteiger partial charge in [-0.3, -0.25) is 5.43 Å². The van der Waals surface area contributed by atoms with Crippen molar-refractivity contribution in [2.24, 2.45) is 5.10 Å². The van der Waals surface area contributed by atoms with Gasteiger partial charge in [-0.1, -0.05) is 78.9 Å². The summed E-state index contributed by atoms with van der Waals surface area (Å²) in [5, 5.41) is 7.14. The van der Waals surface area contributed by atoms with Gasteiger partial charge in [0.15, 0.2) is 0 Å². The van der Waals surface area contributed by atoms with Crippen LogP contribution in [0.3, 0.4) is 0 Å². The number of hydrazone groups is 1. The maximum atomic E-state index is 6.16. The third kappa shape index (κ3) is 5.08. The monoisotopic (exact) mass is 481 g/mol. The van der Waals surface area contributed by atoms with Crippen LogP contribution in [-0.2, 0) is 9.31 Å². The number of hydrogen-bond donors (Lipinski definition) is 1. The highest BCUT2D eigenvalue weighted by Gasteiger charge is 2.51. The topological polar surface area (TPSA) is 55.7 Å². The number of aromatic nitrogens is 1. The Morgan fingerprint density at radius 1 is 0.800 bits per heavy atom. The number of anilines is 1. The third-order valence-electron chi connectivity index (χ3n) is 6.63. The second-order valence-electron chi connectivity index (χ2n) is 9.61. The second kappa shape index (κ2) is 9.42. The molecule has 7 heteroatoms. The van der Waals surface area contributed by atoms with Gasteiger partial charge in [-0.25, -0.2) is 4.98 Å². The minimum absolute atomic E-state index is 0.341. The van der Waals surface area contributed by atoms with Gasteiger partial charge in [0.1, 0.15) is 0 Å². The van der Waals surface area contributed by atoms with Gasteiger partial charge in [0.25, 0.3) is 0 Å². The lowest BCUT2D eigenvalue weighted by Gasteiger charge is -2.32. The van der Waals surface area contributed by atoms with Crippen molar-refractivity contribution >= 4 is 35.3 Å². The van der Waals surface area contributed by atoms with Crippen molar-refractivity contribution in [3.8, 4) is 22.4 Å². The van der Waals surface area contributed by atoms with E-state index < -0.39 is 0 Å². The smallest absolute Gasteiger partial charge is 0.399 e. The first-order valence-corrected chi connectivity index (χ1v) is 12.5. The van der Waals surface area contributed by atoms with Crippen molar-refractivity contribution < 1.29 is 9.31 Å². The highest BCUT2D eigenvalue weighted by atomic mass is 32.1. The molecule has 0 aliphatic carbocycles. The maximum Gasteiger partial charge on any atom is 0.494 e. The second-order valence-corrected chi connectivity index (χ2v) is 10.5. The van der Waals surface area contributed by atoms with Crippen LogP contribution in [0.2, 0.25) is 0 Å². The molecule has 1 aliphatic rings. The fraction of sp³-hybridized carbons (Fsp3) is 0.214. The first-order valence-electron chi connectivity index (χ1n) is 11.7. The van der Waals surface area contributed by atoms with Crippen LogP contribution in [0, 0.1) is 0 Å². The quantitative estimate of drug-likeness (QED) is 0.202. The van der Waals surface area contributed by atoms with Crippen LogP contribution in [0.25, 0.3) is 22.4 Å². The zero-order valence-electron chi connectivity index (χ0n) is 20.4. The van der Waals surface area contributed by atoms with E-state index in [2.05, 4.69) is 104 Å². The van der Waals surface area contributed by atoms with E-state index in [1.165, 1.54) is 11.3 Å². The molecule has 0 bridgehead atoms. The molecule has 0 atom stereocenters. The van der Waals surface area contributed by atoms with Gasteiger partial charge in [0.2, 0.25) is 5.13 Å². The largest absolute Gasteiger partial charge is 0.494 e. The predicted molar refractivity (Wildman–Crippen MR) is 146 cm³/mol. The summed E-state index contributed by atoms with van der Waals surface area (Å²) in [5.41, 5.74) is 8.71. The van der Waals surface area contributed by atoms with Crippen molar-refractivity contribution in [1.29, 1.82) is 0 Å². The lowest BCUT2D eigenvalue weighted by Crippen LogP contribution is -2.41. The summed E-state index contributed by atoms with van der Waals surface area (Å²) >= 11 is 1.54. The number of benzene rings is 3. The van der Waals surface area contributed by atoms with Crippen molar-refractivity contribution in [2.75, 3.05) is 5.43 Å². The van der Waals surface area contributed by atoms with Crippen molar-refractivity contribution in [1.82, 2.24) is 4.98 Å². The van der Waals surface area contributed by atoms with Crippen LogP contribution in [-0.4, -0.2) is 29.5 Å². The number of nitrogens with one attached hydrogen (secondary N) is 1. The summed E-state index contributed by atoms with van der Waals surface area (Å²) in [4.78, 5) is 4.59. The molecule has 0 spiro atoms. The zero-order chi connectivity index (χ0) is 24.5. The number of thiazole rings is 1. The van der Waals surface area contributed by atoms with Crippen LogP contribution in [0.4, 0.5) is 5.13 Å². The normalized spacial score (nSPS) is 16.6. The molecule has 1 saturated heterocycles. The first-order chi connectivity index (χ1) is 16.8. The third-order valence-corrected chi connectivity index (χ3v) is 7.37. The van der Waals surface area contributed by atoms with E-state index in [0.717, 1.165) is 38.5 Å². The standard InChI is InChI=1S/C28H28BN3O2S/c1-27(2)28(3,4)34-29(33-27)24-16-14-22(15-17-24)21-12-10-20(11-13-21)18-30-32-26-31-25(19-35-26)23-8-6-5-7-9-23/h5-19H,1-4H3,(H,31,32). The maximum absolute atomic E-state index is 6.16. The summed E-state index contributed by atoms with van der Waals surface area (Å²) in [7, 11) is -0.346. The van der Waals surface area contributed by atoms with E-state index >= 15 is 0 Å². The Hall–Kier alpha value is -3.26. The molecule has 1 aliphatic heterocycles. The minimum Gasteiger partial charge on any atom is -0.399 e. The zero-order valence-corrected chi connectivity index (χ0v) is 21.2. The average molecular weight is 481 g/mol. The Labute approximate surface area is 211 Å². The van der Waals surface area contributed by atoms with E-state index in [9.17, 15) is 0 Å².